The van der Waals surface area contributed by atoms with Gasteiger partial charge in [0.05, 0.1) is 25.0 Å². The van der Waals surface area contributed by atoms with Crippen molar-refractivity contribution in [1.82, 2.24) is 15.3 Å². The first-order chi connectivity index (χ1) is 16.2. The summed E-state index contributed by atoms with van der Waals surface area (Å²) in [4.78, 5) is 35.7. The number of hydrogen-bond donors (Lipinski definition) is 2. The summed E-state index contributed by atoms with van der Waals surface area (Å²) in [6, 6.07) is 4.78. The maximum atomic E-state index is 14.7. The van der Waals surface area contributed by atoms with Crippen LogP contribution in [0.1, 0.15) is 43.0 Å². The lowest BCUT2D eigenvalue weighted by Gasteiger charge is -2.31. The lowest BCUT2D eigenvalue weighted by Crippen LogP contribution is -2.48. The summed E-state index contributed by atoms with van der Waals surface area (Å²) >= 11 is 0. The molecule has 0 spiro atoms. The van der Waals surface area contributed by atoms with Gasteiger partial charge in [0, 0.05) is 25.7 Å². The number of nitrogens with one attached hydrogen (secondary N) is 2. The molecule has 1 aliphatic heterocycles. The molecule has 1 aliphatic carbocycles. The maximum absolute atomic E-state index is 14.7. The molecule has 2 amide bonds. The van der Waals surface area contributed by atoms with Crippen molar-refractivity contribution in [1.29, 1.82) is 0 Å². The van der Waals surface area contributed by atoms with Crippen molar-refractivity contribution in [2.45, 2.75) is 44.6 Å². The van der Waals surface area contributed by atoms with E-state index in [2.05, 4.69) is 20.6 Å². The number of rotatable bonds is 6. The second kappa shape index (κ2) is 9.40. The van der Waals surface area contributed by atoms with Crippen molar-refractivity contribution < 1.29 is 23.1 Å². The van der Waals surface area contributed by atoms with Crippen LogP contribution in [0.4, 0.5) is 31.9 Å². The average molecular weight is 475 g/mol. The number of hydrogen-bond acceptors (Lipinski definition) is 7. The molecule has 9 nitrogen and oxygen atoms in total. The van der Waals surface area contributed by atoms with Gasteiger partial charge in [-0.25, -0.2) is 4.98 Å². The molecule has 4 rings (SSSR count). The minimum absolute atomic E-state index is 0.127. The third-order valence-corrected chi connectivity index (χ3v) is 6.15. The predicted octanol–water partition coefficient (Wildman–Crippen LogP) is 3.34. The first-order valence-corrected chi connectivity index (χ1v) is 11.3. The van der Waals surface area contributed by atoms with Gasteiger partial charge in [0.25, 0.3) is 11.8 Å². The number of carbonyl (C=O) groups excluding carboxylic acids is 2. The molecule has 1 saturated carbocycles. The van der Waals surface area contributed by atoms with E-state index in [4.69, 9.17) is 4.74 Å². The summed E-state index contributed by atoms with van der Waals surface area (Å²) in [5.41, 5.74) is 1.18. The fourth-order valence-electron chi connectivity index (χ4n) is 4.41. The van der Waals surface area contributed by atoms with Crippen molar-refractivity contribution in [3.8, 4) is 5.75 Å². The smallest absolute Gasteiger partial charge is 0.342 e. The second-order valence-electron chi connectivity index (χ2n) is 8.39. The maximum Gasteiger partial charge on any atom is 0.342 e. The number of nitrogens with zero attached hydrogens (tertiary/aromatic N) is 4. The summed E-state index contributed by atoms with van der Waals surface area (Å²) < 4.78 is 35.2. The molecule has 1 fully saturated rings. The molecule has 182 valence electrons. The normalized spacial score (nSPS) is 17.9. The average Bonchev–Trinajstić information content (AvgIpc) is 3.35. The van der Waals surface area contributed by atoms with Gasteiger partial charge in [-0.1, -0.05) is 12.8 Å². The molecule has 11 heteroatoms. The Hall–Kier alpha value is -3.50. The number of benzene rings is 1. The van der Waals surface area contributed by atoms with Crippen LogP contribution in [0, 0.1) is 0 Å². The summed E-state index contributed by atoms with van der Waals surface area (Å²) in [7, 11) is 2.86. The minimum atomic E-state index is -3.54. The SMILES string of the molecule is CCOc1cc(C(=O)NC)ccc1Nc1ncc2c(n1)N(C1CCCC1)CC(F)(F)C(=O)N2C. The van der Waals surface area contributed by atoms with Crippen molar-refractivity contribution >= 4 is 35.0 Å². The van der Waals surface area contributed by atoms with Crippen molar-refractivity contribution in [2.75, 3.05) is 42.4 Å². The lowest BCUT2D eigenvalue weighted by atomic mass is 10.1. The number of alkyl halides is 2. The minimum Gasteiger partial charge on any atom is -0.492 e. The highest BCUT2D eigenvalue weighted by Crippen LogP contribution is 2.40. The van der Waals surface area contributed by atoms with Gasteiger partial charge < -0.3 is 25.2 Å². The highest BCUT2D eigenvalue weighted by atomic mass is 19.3. The van der Waals surface area contributed by atoms with Crippen LogP contribution < -0.4 is 25.2 Å². The van der Waals surface area contributed by atoms with Gasteiger partial charge in [0.1, 0.15) is 11.4 Å². The molecule has 0 bridgehead atoms. The van der Waals surface area contributed by atoms with Crippen LogP contribution in [0.25, 0.3) is 0 Å². The highest BCUT2D eigenvalue weighted by Gasteiger charge is 2.48. The van der Waals surface area contributed by atoms with Crippen LogP contribution in [-0.4, -0.2) is 61.0 Å². The van der Waals surface area contributed by atoms with Gasteiger partial charge in [-0.3, -0.25) is 9.59 Å². The van der Waals surface area contributed by atoms with E-state index < -0.39 is 18.4 Å². The Bertz CT molecular complexity index is 1090. The Morgan fingerprint density at radius 2 is 2.03 bits per heavy atom. The molecular weight excluding hydrogens is 446 g/mol. The third-order valence-electron chi connectivity index (χ3n) is 6.15. The highest BCUT2D eigenvalue weighted by molar-refractivity contribution is 6.02. The largest absolute Gasteiger partial charge is 0.492 e. The Balaban J connectivity index is 1.72. The summed E-state index contributed by atoms with van der Waals surface area (Å²) in [6.45, 7) is 1.46. The third kappa shape index (κ3) is 4.46. The van der Waals surface area contributed by atoms with E-state index in [-0.39, 0.29) is 29.4 Å². The topological polar surface area (TPSA) is 99.7 Å². The zero-order valence-corrected chi connectivity index (χ0v) is 19.4. The van der Waals surface area contributed by atoms with Crippen LogP contribution >= 0.6 is 0 Å². The van der Waals surface area contributed by atoms with Crippen molar-refractivity contribution in [2.24, 2.45) is 0 Å². The molecular formula is C23H28F2N6O3. The number of fused-ring (bicyclic) bond motifs is 1. The molecule has 0 radical (unpaired) electrons. The zero-order chi connectivity index (χ0) is 24.5. The molecule has 0 atom stereocenters. The number of carbonyl (C=O) groups is 2. The Morgan fingerprint density at radius 3 is 2.71 bits per heavy atom. The van der Waals surface area contributed by atoms with Crippen LogP contribution in [-0.2, 0) is 4.79 Å². The Labute approximate surface area is 196 Å². The van der Waals surface area contributed by atoms with Gasteiger partial charge in [0.2, 0.25) is 5.95 Å². The Morgan fingerprint density at radius 1 is 1.29 bits per heavy atom. The lowest BCUT2D eigenvalue weighted by molar-refractivity contribution is -0.140. The van der Waals surface area contributed by atoms with E-state index in [0.717, 1.165) is 30.6 Å². The fourth-order valence-corrected chi connectivity index (χ4v) is 4.41. The molecule has 2 aromatic rings. The number of aromatic nitrogens is 2. The van der Waals surface area contributed by atoms with Crippen LogP contribution in [0.3, 0.4) is 0 Å². The molecule has 1 aromatic carbocycles. The molecule has 1 aromatic heterocycles. The van der Waals surface area contributed by atoms with Gasteiger partial charge in [-0.2, -0.15) is 13.8 Å². The van der Waals surface area contributed by atoms with E-state index in [1.54, 1.807) is 30.1 Å². The van der Waals surface area contributed by atoms with E-state index in [0.29, 0.717) is 23.6 Å². The summed E-state index contributed by atoms with van der Waals surface area (Å²) in [5, 5.41) is 5.64. The number of halogens is 2. The summed E-state index contributed by atoms with van der Waals surface area (Å²) in [6.07, 6.45) is 4.78. The van der Waals surface area contributed by atoms with E-state index >= 15 is 0 Å². The van der Waals surface area contributed by atoms with E-state index in [1.165, 1.54) is 13.2 Å². The molecule has 0 unspecified atom stereocenters. The first kappa shape index (κ1) is 23.7. The predicted molar refractivity (Wildman–Crippen MR) is 124 cm³/mol. The van der Waals surface area contributed by atoms with Crippen LogP contribution in [0.2, 0.25) is 0 Å². The van der Waals surface area contributed by atoms with Crippen LogP contribution in [0.15, 0.2) is 24.4 Å². The Kier molecular flexibility index (Phi) is 6.54. The molecule has 2 aliphatic rings. The monoisotopic (exact) mass is 474 g/mol. The van der Waals surface area contributed by atoms with E-state index in [1.807, 2.05) is 6.92 Å². The van der Waals surface area contributed by atoms with Gasteiger partial charge in [-0.05, 0) is 38.0 Å². The van der Waals surface area contributed by atoms with Crippen LogP contribution in [0.5, 0.6) is 5.75 Å². The first-order valence-electron chi connectivity index (χ1n) is 11.3. The number of amides is 2. The molecule has 2 heterocycles. The van der Waals surface area contributed by atoms with Gasteiger partial charge in [-0.15, -0.1) is 0 Å². The number of ether oxygens (including phenoxy) is 1. The standard InChI is InChI=1S/C23H28F2N6O3/c1-4-34-18-11-14(20(32)26-2)9-10-16(18)28-22-27-12-17-19(29-22)31(15-7-5-6-8-15)13-23(24,25)21(33)30(17)3/h9-12,15H,4-8,13H2,1-3H3,(H,26,32)(H,27,28,29). The molecule has 2 N–H and O–H groups in total. The summed E-state index contributed by atoms with van der Waals surface area (Å²) in [5.74, 6) is -4.19. The van der Waals surface area contributed by atoms with Crippen molar-refractivity contribution in [3.05, 3.63) is 30.0 Å². The van der Waals surface area contributed by atoms with Gasteiger partial charge >= 0.3 is 5.92 Å². The second-order valence-corrected chi connectivity index (χ2v) is 8.39. The van der Waals surface area contributed by atoms with Gasteiger partial charge in [0.15, 0.2) is 5.82 Å². The molecule has 34 heavy (non-hydrogen) atoms. The number of anilines is 4. The quantitative estimate of drug-likeness (QED) is 0.662. The fraction of sp³-hybridized carbons (Fsp3) is 0.478. The van der Waals surface area contributed by atoms with E-state index in [9.17, 15) is 18.4 Å². The zero-order valence-electron chi connectivity index (χ0n) is 19.4. The van der Waals surface area contributed by atoms with Crippen molar-refractivity contribution in [3.63, 3.8) is 0 Å². The molecule has 0 saturated heterocycles.